The Morgan fingerprint density at radius 1 is 1.26 bits per heavy atom. The van der Waals surface area contributed by atoms with Crippen LogP contribution in [0.3, 0.4) is 0 Å². The number of amides is 1. The molecule has 5 rings (SSSR count). The Hall–Kier alpha value is -4.20. The maximum Gasteiger partial charge on any atom is 0.258 e. The van der Waals surface area contributed by atoms with Gasteiger partial charge < -0.3 is 15.4 Å². The fourth-order valence-electron chi connectivity index (χ4n) is 4.19. The molecule has 0 saturated carbocycles. The highest BCUT2D eigenvalue weighted by molar-refractivity contribution is 6.12. The minimum absolute atomic E-state index is 0.0429. The molecule has 3 N–H and O–H groups in total. The quantitative estimate of drug-likeness (QED) is 0.499. The predicted octanol–water partition coefficient (Wildman–Crippen LogP) is 4.40. The van der Waals surface area contributed by atoms with Gasteiger partial charge in [0.1, 0.15) is 17.4 Å². The Morgan fingerprint density at radius 3 is 3.00 bits per heavy atom. The van der Waals surface area contributed by atoms with Crippen LogP contribution < -0.4 is 15.4 Å². The third kappa shape index (κ3) is 4.73. The zero-order valence-electron chi connectivity index (χ0n) is 20.0. The Kier molecular flexibility index (Phi) is 5.94. The third-order valence-electron chi connectivity index (χ3n) is 6.07. The first kappa shape index (κ1) is 22.6. The van der Waals surface area contributed by atoms with Crippen LogP contribution in [0.4, 0.5) is 5.69 Å². The van der Waals surface area contributed by atoms with Crippen molar-refractivity contribution in [2.45, 2.75) is 33.2 Å². The van der Waals surface area contributed by atoms with E-state index in [1.807, 2.05) is 56.3 Å². The lowest BCUT2D eigenvalue weighted by atomic mass is 9.77. The zero-order valence-corrected chi connectivity index (χ0v) is 20.0. The molecule has 3 aromatic rings. The molecule has 178 valence electrons. The van der Waals surface area contributed by atoms with E-state index < -0.39 is 0 Å². The monoisotopic (exact) mass is 468 g/mol. The number of H-pyrrole nitrogens is 1. The molecule has 8 heteroatoms. The maximum absolute atomic E-state index is 12.0. The van der Waals surface area contributed by atoms with E-state index in [-0.39, 0.29) is 24.0 Å². The van der Waals surface area contributed by atoms with Gasteiger partial charge in [0.05, 0.1) is 22.8 Å². The van der Waals surface area contributed by atoms with E-state index in [0.717, 1.165) is 40.1 Å². The molecule has 0 saturated heterocycles. The van der Waals surface area contributed by atoms with Gasteiger partial charge in [-0.1, -0.05) is 24.3 Å². The first-order valence-electron chi connectivity index (χ1n) is 11.7. The fraction of sp³-hybridized carbons (Fsp3) is 0.259. The maximum atomic E-state index is 12.0. The molecular weight excluding hydrogens is 440 g/mol. The number of rotatable bonds is 6. The van der Waals surface area contributed by atoms with E-state index >= 15 is 0 Å². The summed E-state index contributed by atoms with van der Waals surface area (Å²) in [5.41, 5.74) is 3.31. The molecule has 35 heavy (non-hydrogen) atoms. The van der Waals surface area contributed by atoms with Gasteiger partial charge in [-0.2, -0.15) is 5.10 Å². The average Bonchev–Trinajstić information content (AvgIpc) is 3.31. The standard InChI is InChI=1S/C27H28N6O2/c1-17(2)29-24(34)16-35-21-8-6-7-18(14-21)25-31-23-9-4-5-12-27(23,3)26(32-25)30-20-10-11-22-19(13-20)15-28-33-22/h4-11,13-15,17H,12,16H2,1-3H3,(H,28,33)(H,29,34)(H,30,31,32). The first-order chi connectivity index (χ1) is 16.9. The molecule has 1 aromatic heterocycles. The van der Waals surface area contributed by atoms with E-state index in [9.17, 15) is 4.79 Å². The molecule has 1 aliphatic carbocycles. The summed E-state index contributed by atoms with van der Waals surface area (Å²) in [6.45, 7) is 5.94. The topological polar surface area (TPSA) is 104 Å². The molecule has 1 amide bonds. The van der Waals surface area contributed by atoms with Gasteiger partial charge in [-0.05, 0) is 63.6 Å². The summed E-state index contributed by atoms with van der Waals surface area (Å²) in [7, 11) is 0. The Morgan fingerprint density at radius 2 is 2.14 bits per heavy atom. The largest absolute Gasteiger partial charge is 0.484 e. The molecule has 0 bridgehead atoms. The van der Waals surface area contributed by atoms with Gasteiger partial charge in [0, 0.05) is 22.7 Å². The summed E-state index contributed by atoms with van der Waals surface area (Å²) in [6, 6.07) is 13.6. The highest BCUT2D eigenvalue weighted by Gasteiger charge is 2.39. The molecule has 2 heterocycles. The van der Waals surface area contributed by atoms with Crippen LogP contribution in [0.1, 0.15) is 32.8 Å². The highest BCUT2D eigenvalue weighted by atomic mass is 16.5. The number of nitrogens with zero attached hydrogens (tertiary/aromatic N) is 3. The lowest BCUT2D eigenvalue weighted by Crippen LogP contribution is -2.44. The summed E-state index contributed by atoms with van der Waals surface area (Å²) < 4.78 is 5.72. The fourth-order valence-corrected chi connectivity index (χ4v) is 4.19. The number of aliphatic imine (C=N–C) groups is 2. The molecule has 8 nitrogen and oxygen atoms in total. The van der Waals surface area contributed by atoms with Crippen LogP contribution in [0.15, 0.2) is 82.6 Å². The summed E-state index contributed by atoms with van der Waals surface area (Å²) in [5.74, 6) is 1.86. The van der Waals surface area contributed by atoms with Crippen molar-refractivity contribution >= 4 is 34.2 Å². The number of carbonyl (C=O) groups is 1. The number of nitrogens with one attached hydrogen (secondary N) is 3. The van der Waals surface area contributed by atoms with E-state index in [2.05, 4.69) is 46.0 Å². The van der Waals surface area contributed by atoms with Crippen molar-refractivity contribution in [2.75, 3.05) is 6.61 Å². The SMILES string of the molecule is CC(C)NC(=O)COc1cccc(C2=NC(=Nc3ccc4[nH]ncc4c3)C3(C)CC=CC=C3N2)c1. The Balaban J connectivity index is 1.48. The lowest BCUT2D eigenvalue weighted by Gasteiger charge is -2.37. The van der Waals surface area contributed by atoms with Crippen molar-refractivity contribution < 1.29 is 9.53 Å². The number of ether oxygens (including phenoxy) is 1. The van der Waals surface area contributed by atoms with Crippen LogP contribution in [0.25, 0.3) is 10.9 Å². The zero-order chi connectivity index (χ0) is 24.4. The van der Waals surface area contributed by atoms with E-state index in [1.165, 1.54) is 0 Å². The van der Waals surface area contributed by atoms with Crippen LogP contribution >= 0.6 is 0 Å². The molecule has 1 atom stereocenters. The Labute approximate surface area is 203 Å². The molecule has 1 aliphatic heterocycles. The van der Waals surface area contributed by atoms with Crippen molar-refractivity contribution in [1.82, 2.24) is 20.8 Å². The van der Waals surface area contributed by atoms with Crippen LogP contribution in [0.2, 0.25) is 0 Å². The molecule has 2 aliphatic rings. The molecule has 2 aromatic carbocycles. The molecule has 0 radical (unpaired) electrons. The second-order valence-electron chi connectivity index (χ2n) is 9.25. The highest BCUT2D eigenvalue weighted by Crippen LogP contribution is 2.39. The number of amidine groups is 2. The number of fused-ring (bicyclic) bond motifs is 2. The normalized spacial score (nSPS) is 20.3. The third-order valence-corrected chi connectivity index (χ3v) is 6.07. The number of hydrogen-bond donors (Lipinski definition) is 3. The van der Waals surface area contributed by atoms with E-state index in [4.69, 9.17) is 14.7 Å². The van der Waals surface area contributed by atoms with E-state index in [1.54, 1.807) is 6.20 Å². The summed E-state index contributed by atoms with van der Waals surface area (Å²) in [5, 5.41) is 14.4. The van der Waals surface area contributed by atoms with Gasteiger partial charge in [-0.15, -0.1) is 0 Å². The van der Waals surface area contributed by atoms with Gasteiger partial charge in [0.2, 0.25) is 0 Å². The van der Waals surface area contributed by atoms with Gasteiger partial charge in [0.15, 0.2) is 6.61 Å². The van der Waals surface area contributed by atoms with Crippen molar-refractivity contribution in [3.05, 3.63) is 78.1 Å². The van der Waals surface area contributed by atoms with Gasteiger partial charge in [-0.3, -0.25) is 9.89 Å². The Bertz CT molecular complexity index is 1400. The van der Waals surface area contributed by atoms with Crippen molar-refractivity contribution in [3.63, 3.8) is 0 Å². The number of aromatic nitrogens is 2. The van der Waals surface area contributed by atoms with E-state index in [0.29, 0.717) is 11.6 Å². The lowest BCUT2D eigenvalue weighted by molar-refractivity contribution is -0.123. The summed E-state index contributed by atoms with van der Waals surface area (Å²) in [4.78, 5) is 21.9. The van der Waals surface area contributed by atoms with Crippen LogP contribution in [0, 0.1) is 5.41 Å². The first-order valence-corrected chi connectivity index (χ1v) is 11.7. The molecule has 0 fully saturated rings. The smallest absolute Gasteiger partial charge is 0.258 e. The minimum atomic E-state index is -0.368. The van der Waals surface area contributed by atoms with Crippen LogP contribution in [0.5, 0.6) is 5.75 Å². The summed E-state index contributed by atoms with van der Waals surface area (Å²) in [6.07, 6.45) is 8.85. The molecular formula is C27H28N6O2. The minimum Gasteiger partial charge on any atom is -0.484 e. The van der Waals surface area contributed by atoms with Gasteiger partial charge in [-0.25, -0.2) is 9.98 Å². The van der Waals surface area contributed by atoms with Crippen molar-refractivity contribution in [3.8, 4) is 5.75 Å². The second-order valence-corrected chi connectivity index (χ2v) is 9.25. The predicted molar refractivity (Wildman–Crippen MR) is 138 cm³/mol. The molecule has 0 spiro atoms. The van der Waals surface area contributed by atoms with Gasteiger partial charge >= 0.3 is 0 Å². The van der Waals surface area contributed by atoms with Crippen LogP contribution in [-0.4, -0.2) is 40.4 Å². The number of hydrogen-bond acceptors (Lipinski definition) is 5. The van der Waals surface area contributed by atoms with Crippen molar-refractivity contribution in [1.29, 1.82) is 0 Å². The van der Waals surface area contributed by atoms with Crippen LogP contribution in [-0.2, 0) is 4.79 Å². The molecule has 1 unspecified atom stereocenters. The number of allylic oxidation sites excluding steroid dienone is 3. The summed E-state index contributed by atoms with van der Waals surface area (Å²) >= 11 is 0. The van der Waals surface area contributed by atoms with Crippen molar-refractivity contribution in [2.24, 2.45) is 15.4 Å². The number of aromatic amines is 1. The van der Waals surface area contributed by atoms with Gasteiger partial charge in [0.25, 0.3) is 5.91 Å². The second kappa shape index (κ2) is 9.21. The number of benzene rings is 2. The average molecular weight is 469 g/mol. The number of carbonyl (C=O) groups excluding carboxylic acids is 1.